The van der Waals surface area contributed by atoms with E-state index >= 15 is 0 Å². The summed E-state index contributed by atoms with van der Waals surface area (Å²) in [5, 5.41) is 6.94. The van der Waals surface area contributed by atoms with E-state index in [1.807, 2.05) is 12.4 Å². The van der Waals surface area contributed by atoms with Gasteiger partial charge in [-0.15, -0.1) is 0 Å². The summed E-state index contributed by atoms with van der Waals surface area (Å²) < 4.78 is 0. The van der Waals surface area contributed by atoms with Crippen LogP contribution < -0.4 is 10.6 Å². The average Bonchev–Trinajstić information content (AvgIpc) is 2.28. The lowest BCUT2D eigenvalue weighted by Crippen LogP contribution is -2.30. The van der Waals surface area contributed by atoms with Crippen LogP contribution in [0.1, 0.15) is 40.0 Å². The number of rotatable bonds is 4. The molecule has 2 rings (SSSR count). The highest BCUT2D eigenvalue weighted by molar-refractivity contribution is 5.54. The zero-order chi connectivity index (χ0) is 13.0. The molecule has 1 aromatic heterocycles. The predicted molar refractivity (Wildman–Crippen MR) is 78.0 cm³/mol. The maximum Gasteiger partial charge on any atom is 0.0549 e. The molecule has 0 amide bonds. The zero-order valence-electron chi connectivity index (χ0n) is 11.7. The second-order valence-electron chi connectivity index (χ2n) is 5.75. The van der Waals surface area contributed by atoms with Gasteiger partial charge in [0.25, 0.3) is 0 Å². The Labute approximate surface area is 110 Å². The van der Waals surface area contributed by atoms with Crippen LogP contribution in [-0.4, -0.2) is 17.6 Å². The van der Waals surface area contributed by atoms with Gasteiger partial charge in [0.1, 0.15) is 0 Å². The Hall–Kier alpha value is -1.25. The summed E-state index contributed by atoms with van der Waals surface area (Å²) in [4.78, 5) is 4.28. The second kappa shape index (κ2) is 6.07. The highest BCUT2D eigenvalue weighted by atomic mass is 15.0. The van der Waals surface area contributed by atoms with Crippen LogP contribution in [0.15, 0.2) is 18.5 Å². The topological polar surface area (TPSA) is 37.0 Å². The van der Waals surface area contributed by atoms with Crippen molar-refractivity contribution in [1.82, 2.24) is 4.98 Å². The van der Waals surface area contributed by atoms with Gasteiger partial charge in [-0.2, -0.15) is 0 Å². The van der Waals surface area contributed by atoms with E-state index in [1.165, 1.54) is 19.3 Å². The molecule has 1 saturated carbocycles. The van der Waals surface area contributed by atoms with Crippen LogP contribution in [0, 0.1) is 11.8 Å². The van der Waals surface area contributed by atoms with Crippen LogP contribution in [0.3, 0.4) is 0 Å². The van der Waals surface area contributed by atoms with Crippen molar-refractivity contribution in [3.8, 4) is 0 Å². The number of nitrogens with zero attached hydrogens (tertiary/aromatic N) is 1. The monoisotopic (exact) mass is 247 g/mol. The maximum atomic E-state index is 4.28. The lowest BCUT2D eigenvalue weighted by Gasteiger charge is -2.32. The second-order valence-corrected chi connectivity index (χ2v) is 5.75. The van der Waals surface area contributed by atoms with Crippen LogP contribution in [-0.2, 0) is 0 Å². The Bertz CT molecular complexity index is 368. The maximum absolute atomic E-state index is 4.28. The van der Waals surface area contributed by atoms with Crippen molar-refractivity contribution in [2.75, 3.05) is 17.2 Å². The Morgan fingerprint density at radius 2 is 1.78 bits per heavy atom. The number of hydrogen-bond acceptors (Lipinski definition) is 3. The van der Waals surface area contributed by atoms with Crippen molar-refractivity contribution in [3.63, 3.8) is 0 Å². The fraction of sp³-hybridized carbons (Fsp3) is 0.667. The molecule has 0 aromatic carbocycles. The molecular formula is C15H25N3. The van der Waals surface area contributed by atoms with Crippen LogP contribution in [0.2, 0.25) is 0 Å². The molecule has 0 aliphatic heterocycles. The van der Waals surface area contributed by atoms with Gasteiger partial charge in [-0.1, -0.05) is 13.8 Å². The molecule has 100 valence electrons. The molecule has 18 heavy (non-hydrogen) atoms. The van der Waals surface area contributed by atoms with E-state index in [4.69, 9.17) is 0 Å². The molecule has 0 bridgehead atoms. The molecule has 3 nitrogen and oxygen atoms in total. The van der Waals surface area contributed by atoms with E-state index in [0.717, 1.165) is 29.8 Å². The molecule has 2 unspecified atom stereocenters. The van der Waals surface area contributed by atoms with Crippen molar-refractivity contribution in [2.45, 2.75) is 46.1 Å². The number of aromatic nitrogens is 1. The van der Waals surface area contributed by atoms with Crippen LogP contribution in [0.4, 0.5) is 11.4 Å². The fourth-order valence-corrected chi connectivity index (χ4v) is 3.12. The van der Waals surface area contributed by atoms with Crippen molar-refractivity contribution >= 4 is 11.4 Å². The lowest BCUT2D eigenvalue weighted by molar-refractivity contribution is 0.281. The lowest BCUT2D eigenvalue weighted by atomic mass is 9.80. The predicted octanol–water partition coefficient (Wildman–Crippen LogP) is 3.75. The Morgan fingerprint density at radius 1 is 1.11 bits per heavy atom. The Balaban J connectivity index is 1.97. The SMILES string of the molecule is CCNc1cncc(NC2CC(C)CC(C)C2)c1. The number of pyridine rings is 1. The van der Waals surface area contributed by atoms with E-state index < -0.39 is 0 Å². The quantitative estimate of drug-likeness (QED) is 0.851. The summed E-state index contributed by atoms with van der Waals surface area (Å²) in [6.07, 6.45) is 7.71. The average molecular weight is 247 g/mol. The molecule has 0 spiro atoms. The van der Waals surface area contributed by atoms with Gasteiger partial charge in [0.15, 0.2) is 0 Å². The Kier molecular flexibility index (Phi) is 4.45. The van der Waals surface area contributed by atoms with Crippen LogP contribution >= 0.6 is 0 Å². The first-order chi connectivity index (χ1) is 8.67. The first-order valence-electron chi connectivity index (χ1n) is 7.12. The van der Waals surface area contributed by atoms with Crippen molar-refractivity contribution in [2.24, 2.45) is 11.8 Å². The fourth-order valence-electron chi connectivity index (χ4n) is 3.12. The summed E-state index contributed by atoms with van der Waals surface area (Å²) in [5.74, 6) is 1.66. The molecule has 2 atom stereocenters. The first kappa shape index (κ1) is 13.2. The molecule has 3 heteroatoms. The summed E-state index contributed by atoms with van der Waals surface area (Å²) in [6.45, 7) is 7.75. The molecule has 0 radical (unpaired) electrons. The summed E-state index contributed by atoms with van der Waals surface area (Å²) in [6, 6.07) is 2.75. The molecule has 1 fully saturated rings. The highest BCUT2D eigenvalue weighted by Crippen LogP contribution is 2.30. The number of anilines is 2. The standard InChI is InChI=1S/C15H25N3/c1-4-17-14-8-15(10-16-9-14)18-13-6-11(2)5-12(3)7-13/h8-13,17-18H,4-7H2,1-3H3. The molecule has 0 saturated heterocycles. The molecular weight excluding hydrogens is 222 g/mol. The zero-order valence-corrected chi connectivity index (χ0v) is 11.7. The third-order valence-corrected chi connectivity index (χ3v) is 3.67. The summed E-state index contributed by atoms with van der Waals surface area (Å²) in [7, 11) is 0. The van der Waals surface area contributed by atoms with E-state index in [1.54, 1.807) is 0 Å². The molecule has 2 N–H and O–H groups in total. The summed E-state index contributed by atoms with van der Waals surface area (Å²) in [5.41, 5.74) is 2.24. The molecule has 1 aromatic rings. The van der Waals surface area contributed by atoms with E-state index in [-0.39, 0.29) is 0 Å². The van der Waals surface area contributed by atoms with Gasteiger partial charge < -0.3 is 10.6 Å². The van der Waals surface area contributed by atoms with Gasteiger partial charge in [0, 0.05) is 12.6 Å². The minimum Gasteiger partial charge on any atom is -0.384 e. The molecule has 1 heterocycles. The number of nitrogens with one attached hydrogen (secondary N) is 2. The Morgan fingerprint density at radius 3 is 2.44 bits per heavy atom. The minimum atomic E-state index is 0.599. The minimum absolute atomic E-state index is 0.599. The molecule has 1 aliphatic carbocycles. The van der Waals surface area contributed by atoms with Crippen LogP contribution in [0.5, 0.6) is 0 Å². The van der Waals surface area contributed by atoms with Gasteiger partial charge >= 0.3 is 0 Å². The van der Waals surface area contributed by atoms with Gasteiger partial charge in [-0.05, 0) is 44.1 Å². The number of hydrogen-bond donors (Lipinski definition) is 2. The van der Waals surface area contributed by atoms with Gasteiger partial charge in [-0.3, -0.25) is 4.98 Å². The summed E-state index contributed by atoms with van der Waals surface area (Å²) >= 11 is 0. The van der Waals surface area contributed by atoms with Gasteiger partial charge in [0.05, 0.1) is 23.8 Å². The third-order valence-electron chi connectivity index (χ3n) is 3.67. The third kappa shape index (κ3) is 3.62. The van der Waals surface area contributed by atoms with Gasteiger partial charge in [0.2, 0.25) is 0 Å². The van der Waals surface area contributed by atoms with Crippen molar-refractivity contribution in [3.05, 3.63) is 18.5 Å². The highest BCUT2D eigenvalue weighted by Gasteiger charge is 2.23. The normalized spacial score (nSPS) is 27.8. The first-order valence-corrected chi connectivity index (χ1v) is 7.12. The van der Waals surface area contributed by atoms with E-state index in [2.05, 4.69) is 42.5 Å². The van der Waals surface area contributed by atoms with Crippen LogP contribution in [0.25, 0.3) is 0 Å². The van der Waals surface area contributed by atoms with Crippen molar-refractivity contribution < 1.29 is 0 Å². The van der Waals surface area contributed by atoms with E-state index in [9.17, 15) is 0 Å². The van der Waals surface area contributed by atoms with Crippen molar-refractivity contribution in [1.29, 1.82) is 0 Å². The largest absolute Gasteiger partial charge is 0.384 e. The van der Waals surface area contributed by atoms with Gasteiger partial charge in [-0.25, -0.2) is 0 Å². The van der Waals surface area contributed by atoms with E-state index in [0.29, 0.717) is 6.04 Å². The molecule has 1 aliphatic rings. The smallest absolute Gasteiger partial charge is 0.0549 e.